The molecule has 0 radical (unpaired) electrons. The number of nitrogens with zero attached hydrogens (tertiary/aromatic N) is 3. The molecule has 322 valence electrons. The lowest BCUT2D eigenvalue weighted by atomic mass is 9.96. The van der Waals surface area contributed by atoms with E-state index < -0.39 is 0 Å². The lowest BCUT2D eigenvalue weighted by Crippen LogP contribution is -1.92. The number of benzene rings is 10. The summed E-state index contributed by atoms with van der Waals surface area (Å²) in [5.74, 6) is 0. The van der Waals surface area contributed by atoms with Gasteiger partial charge in [0.25, 0.3) is 0 Å². The lowest BCUT2D eigenvalue weighted by molar-refractivity contribution is 0.667. The fraction of sp³-hybridized carbons (Fsp3) is 0. The quantitative estimate of drug-likeness (QED) is 0.160. The topological polar surface area (TPSA) is 57.0 Å². The summed E-state index contributed by atoms with van der Waals surface area (Å²) < 4.78 is 15.8. The molecular weight excluding hydrogens is 843 g/mol. The Labute approximate surface area is 396 Å². The summed E-state index contributed by atoms with van der Waals surface area (Å²) in [6.07, 6.45) is 1.65. The van der Waals surface area contributed by atoms with Gasteiger partial charge in [-0.3, -0.25) is 0 Å². The number of furan rings is 2. The van der Waals surface area contributed by atoms with E-state index in [1.807, 2.05) is 18.2 Å². The van der Waals surface area contributed by atoms with Gasteiger partial charge in [0.15, 0.2) is 5.58 Å². The molecule has 0 unspecified atom stereocenters. The Morgan fingerprint density at radius 1 is 0.319 bits per heavy atom. The van der Waals surface area contributed by atoms with Crippen molar-refractivity contribution in [3.8, 4) is 72.6 Å². The van der Waals surface area contributed by atoms with Gasteiger partial charge in [0.05, 0.1) is 11.0 Å². The SMILES string of the molecule is c1ccc(-c2ccc(-c3cccc(-c4cccc5c4oc4c(-c6cccc7oc8ccc(-c9cccc(-c%10ccc%11c(c%10)c%10ccccc%10n%11-c%10ccccc%10)c9)cc8c67)ncnc45)c3)cc2)cc1. The third-order valence-electron chi connectivity index (χ3n) is 13.7. The summed E-state index contributed by atoms with van der Waals surface area (Å²) in [7, 11) is 0. The Balaban J connectivity index is 0.845. The Hall–Kier alpha value is -9.32. The van der Waals surface area contributed by atoms with Crippen molar-refractivity contribution in [3.63, 3.8) is 0 Å². The number of rotatable bonds is 7. The van der Waals surface area contributed by atoms with Gasteiger partial charge in [-0.2, -0.15) is 0 Å². The highest BCUT2D eigenvalue weighted by Gasteiger charge is 2.22. The minimum Gasteiger partial charge on any atom is -0.456 e. The third kappa shape index (κ3) is 6.40. The van der Waals surface area contributed by atoms with E-state index in [2.05, 4.69) is 217 Å². The van der Waals surface area contributed by atoms with E-state index in [1.165, 1.54) is 38.5 Å². The minimum absolute atomic E-state index is 0.641. The fourth-order valence-corrected chi connectivity index (χ4v) is 10.5. The molecule has 0 aliphatic heterocycles. The molecule has 0 saturated carbocycles. The molecule has 10 aromatic carbocycles. The van der Waals surface area contributed by atoms with Crippen LogP contribution in [-0.4, -0.2) is 14.5 Å². The van der Waals surface area contributed by atoms with Crippen LogP contribution in [0.3, 0.4) is 0 Å². The zero-order valence-electron chi connectivity index (χ0n) is 37.2. The number of hydrogen-bond donors (Lipinski definition) is 0. The molecule has 0 amide bonds. The first-order chi connectivity index (χ1) is 34.2. The molecule has 0 atom stereocenters. The van der Waals surface area contributed by atoms with Crippen molar-refractivity contribution in [2.75, 3.05) is 0 Å². The monoisotopic (exact) mass is 881 g/mol. The Bertz CT molecular complexity index is 4300. The van der Waals surface area contributed by atoms with E-state index in [9.17, 15) is 0 Å². The van der Waals surface area contributed by atoms with Gasteiger partial charge in [-0.05, 0) is 117 Å². The van der Waals surface area contributed by atoms with Crippen molar-refractivity contribution in [3.05, 3.63) is 237 Å². The molecule has 5 nitrogen and oxygen atoms in total. The standard InChI is InChI=1S/C64H39N3O2/c1-3-13-40(14-4-1)41-27-29-42(30-28-41)43-15-10-18-48(36-43)50-22-11-24-53-62-64(69-63(50)53)61(65-39-66-62)52-23-12-26-59-60(52)55-38-47(32-34-58(55)68-59)45-17-9-16-44(35-45)46-31-33-57-54(37-46)51-21-7-8-25-56(51)67(57)49-19-5-2-6-20-49/h1-39H. The van der Waals surface area contributed by atoms with Crippen LogP contribution in [0.5, 0.6) is 0 Å². The fourth-order valence-electron chi connectivity index (χ4n) is 10.5. The van der Waals surface area contributed by atoms with E-state index in [0.29, 0.717) is 5.58 Å². The number of aromatic nitrogens is 3. The Morgan fingerprint density at radius 2 is 0.870 bits per heavy atom. The largest absolute Gasteiger partial charge is 0.456 e. The molecule has 0 fully saturated rings. The smallest absolute Gasteiger partial charge is 0.180 e. The predicted octanol–water partition coefficient (Wildman–Crippen LogP) is 17.4. The molecule has 0 aliphatic rings. The maximum absolute atomic E-state index is 6.94. The molecule has 0 bridgehead atoms. The second-order valence-electron chi connectivity index (χ2n) is 17.7. The molecule has 5 heteroatoms. The van der Waals surface area contributed by atoms with Crippen molar-refractivity contribution < 1.29 is 8.83 Å². The summed E-state index contributed by atoms with van der Waals surface area (Å²) >= 11 is 0. The molecule has 69 heavy (non-hydrogen) atoms. The summed E-state index contributed by atoms with van der Waals surface area (Å²) in [5.41, 5.74) is 20.2. The van der Waals surface area contributed by atoms with Gasteiger partial charge < -0.3 is 13.4 Å². The van der Waals surface area contributed by atoms with Crippen LogP contribution in [0, 0.1) is 0 Å². The molecular formula is C64H39N3O2. The van der Waals surface area contributed by atoms with Crippen molar-refractivity contribution in [1.82, 2.24) is 14.5 Å². The van der Waals surface area contributed by atoms with Gasteiger partial charge in [0.2, 0.25) is 0 Å². The second kappa shape index (κ2) is 15.7. The molecule has 0 spiro atoms. The average Bonchev–Trinajstić information content (AvgIpc) is 4.11. The van der Waals surface area contributed by atoms with Crippen molar-refractivity contribution >= 4 is 65.8 Å². The molecule has 0 aliphatic carbocycles. The molecule has 0 N–H and O–H groups in total. The van der Waals surface area contributed by atoms with Gasteiger partial charge in [0.1, 0.15) is 34.3 Å². The van der Waals surface area contributed by atoms with Crippen LogP contribution in [0.2, 0.25) is 0 Å². The van der Waals surface area contributed by atoms with Crippen LogP contribution in [0.15, 0.2) is 246 Å². The molecule has 4 heterocycles. The summed E-state index contributed by atoms with van der Waals surface area (Å²) in [4.78, 5) is 9.75. The average molecular weight is 882 g/mol. The number of para-hydroxylation sites is 3. The predicted molar refractivity (Wildman–Crippen MR) is 284 cm³/mol. The first-order valence-electron chi connectivity index (χ1n) is 23.3. The van der Waals surface area contributed by atoms with Crippen molar-refractivity contribution in [2.24, 2.45) is 0 Å². The van der Waals surface area contributed by atoms with Gasteiger partial charge in [-0.1, -0.05) is 164 Å². The highest BCUT2D eigenvalue weighted by Crippen LogP contribution is 2.44. The molecule has 4 aromatic heterocycles. The normalized spacial score (nSPS) is 11.8. The highest BCUT2D eigenvalue weighted by atomic mass is 16.3. The molecule has 0 saturated heterocycles. The minimum atomic E-state index is 0.641. The van der Waals surface area contributed by atoms with Crippen LogP contribution < -0.4 is 0 Å². The Kier molecular flexibility index (Phi) is 8.83. The van der Waals surface area contributed by atoms with E-state index >= 15 is 0 Å². The zero-order chi connectivity index (χ0) is 45.4. The summed E-state index contributed by atoms with van der Waals surface area (Å²) in [6.45, 7) is 0. The lowest BCUT2D eigenvalue weighted by Gasteiger charge is -2.09. The van der Waals surface area contributed by atoms with Crippen molar-refractivity contribution in [2.45, 2.75) is 0 Å². The first kappa shape index (κ1) is 38.9. The first-order valence-corrected chi connectivity index (χ1v) is 23.3. The number of hydrogen-bond acceptors (Lipinski definition) is 4. The number of fused-ring (bicyclic) bond motifs is 9. The van der Waals surface area contributed by atoms with Crippen LogP contribution >= 0.6 is 0 Å². The van der Waals surface area contributed by atoms with Crippen LogP contribution in [0.25, 0.3) is 138 Å². The highest BCUT2D eigenvalue weighted by molar-refractivity contribution is 6.17. The van der Waals surface area contributed by atoms with Crippen molar-refractivity contribution in [1.29, 1.82) is 0 Å². The van der Waals surface area contributed by atoms with Crippen LogP contribution in [0.1, 0.15) is 0 Å². The second-order valence-corrected chi connectivity index (χ2v) is 17.7. The molecule has 14 aromatic rings. The zero-order valence-corrected chi connectivity index (χ0v) is 37.2. The van der Waals surface area contributed by atoms with E-state index in [4.69, 9.17) is 18.8 Å². The van der Waals surface area contributed by atoms with Gasteiger partial charge in [-0.25, -0.2) is 9.97 Å². The van der Waals surface area contributed by atoms with Gasteiger partial charge >= 0.3 is 0 Å². The molecule has 14 rings (SSSR count). The third-order valence-corrected chi connectivity index (χ3v) is 13.7. The summed E-state index contributed by atoms with van der Waals surface area (Å²) in [6, 6.07) is 81.8. The maximum atomic E-state index is 6.94. The van der Waals surface area contributed by atoms with E-state index in [0.717, 1.165) is 94.3 Å². The Morgan fingerprint density at radius 3 is 1.68 bits per heavy atom. The van der Waals surface area contributed by atoms with Crippen LogP contribution in [0.4, 0.5) is 0 Å². The summed E-state index contributed by atoms with van der Waals surface area (Å²) in [5, 5.41) is 5.40. The van der Waals surface area contributed by atoms with Crippen LogP contribution in [-0.2, 0) is 0 Å². The van der Waals surface area contributed by atoms with Gasteiger partial charge in [-0.15, -0.1) is 0 Å². The van der Waals surface area contributed by atoms with E-state index in [-0.39, 0.29) is 0 Å². The van der Waals surface area contributed by atoms with E-state index in [1.54, 1.807) is 6.33 Å². The maximum Gasteiger partial charge on any atom is 0.180 e. The van der Waals surface area contributed by atoms with Gasteiger partial charge in [0, 0.05) is 43.7 Å².